The zero-order chi connectivity index (χ0) is 19.9. The second-order valence-corrected chi connectivity index (χ2v) is 7.31. The van der Waals surface area contributed by atoms with Crippen molar-refractivity contribution in [1.29, 1.82) is 0 Å². The zero-order valence-electron chi connectivity index (χ0n) is 14.1. The summed E-state index contributed by atoms with van der Waals surface area (Å²) in [6.07, 6.45) is 0.644. The number of hydrogen-bond acceptors (Lipinski definition) is 8. The van der Waals surface area contributed by atoms with E-state index in [1.54, 1.807) is 24.3 Å². The van der Waals surface area contributed by atoms with Crippen LogP contribution in [-0.4, -0.2) is 31.8 Å². The lowest BCUT2D eigenvalue weighted by Gasteiger charge is -1.93. The molecule has 10 heteroatoms. The number of aldehydes is 1. The minimum Gasteiger partial charge on any atom is -0.389 e. The van der Waals surface area contributed by atoms with E-state index in [0.717, 1.165) is 11.1 Å². The van der Waals surface area contributed by atoms with Gasteiger partial charge in [0.25, 0.3) is 0 Å². The van der Waals surface area contributed by atoms with Gasteiger partial charge in [0.05, 0.1) is 6.61 Å². The van der Waals surface area contributed by atoms with Gasteiger partial charge in [-0.15, -0.1) is 20.4 Å². The molecule has 0 fully saturated rings. The predicted octanol–water partition coefficient (Wildman–Crippen LogP) is 3.99. The van der Waals surface area contributed by atoms with Gasteiger partial charge < -0.3 is 5.11 Å². The van der Waals surface area contributed by atoms with E-state index >= 15 is 0 Å². The highest BCUT2D eigenvalue weighted by atomic mass is 32.1. The standard InChI is InChI=1S/C9H7FN2OS.C9H5FN2OS/c2*10-7-3-1-6(2-4-7)9-12-11-8(5-13)14-9/h1-4,13H,5H2;1-5H. The first kappa shape index (κ1) is 19.8. The van der Waals surface area contributed by atoms with Crippen molar-refractivity contribution in [2.45, 2.75) is 6.61 Å². The molecule has 0 bridgehead atoms. The van der Waals surface area contributed by atoms with Gasteiger partial charge in [-0.3, -0.25) is 4.79 Å². The Morgan fingerprint density at radius 2 is 1.29 bits per heavy atom. The van der Waals surface area contributed by atoms with Gasteiger partial charge in [0.2, 0.25) is 0 Å². The number of hydrogen-bond donors (Lipinski definition) is 1. The molecule has 4 aromatic rings. The van der Waals surface area contributed by atoms with E-state index in [1.807, 2.05) is 0 Å². The first-order valence-electron chi connectivity index (χ1n) is 7.83. The number of aliphatic hydroxyl groups is 1. The van der Waals surface area contributed by atoms with Crippen LogP contribution < -0.4 is 0 Å². The van der Waals surface area contributed by atoms with Crippen LogP contribution in [0.4, 0.5) is 8.78 Å². The Kier molecular flexibility index (Phi) is 6.58. The molecule has 0 aliphatic heterocycles. The van der Waals surface area contributed by atoms with Crippen molar-refractivity contribution >= 4 is 29.0 Å². The molecule has 2 heterocycles. The van der Waals surface area contributed by atoms with Gasteiger partial charge in [-0.25, -0.2) is 8.78 Å². The maximum absolute atomic E-state index is 12.6. The summed E-state index contributed by atoms with van der Waals surface area (Å²) >= 11 is 2.48. The van der Waals surface area contributed by atoms with Gasteiger partial charge in [-0.05, 0) is 48.5 Å². The molecular weight excluding hydrogens is 406 g/mol. The molecule has 0 atom stereocenters. The van der Waals surface area contributed by atoms with Gasteiger partial charge in [-0.2, -0.15) is 0 Å². The molecule has 2 aromatic carbocycles. The molecule has 2 aromatic heterocycles. The van der Waals surface area contributed by atoms with E-state index in [-0.39, 0.29) is 18.2 Å². The zero-order valence-corrected chi connectivity index (χ0v) is 15.8. The SMILES string of the molecule is O=Cc1nnc(-c2ccc(F)cc2)s1.OCc1nnc(-c2ccc(F)cc2)s1. The summed E-state index contributed by atoms with van der Waals surface area (Å²) < 4.78 is 25.2. The van der Waals surface area contributed by atoms with Gasteiger partial charge in [-0.1, -0.05) is 22.7 Å². The molecule has 4 rings (SSSR count). The number of aliphatic hydroxyl groups excluding tert-OH is 1. The molecule has 0 aliphatic carbocycles. The van der Waals surface area contributed by atoms with Crippen LogP contribution in [0.3, 0.4) is 0 Å². The normalized spacial score (nSPS) is 10.2. The van der Waals surface area contributed by atoms with E-state index < -0.39 is 0 Å². The first-order valence-corrected chi connectivity index (χ1v) is 9.46. The summed E-state index contributed by atoms with van der Waals surface area (Å²) in [5.41, 5.74) is 1.57. The molecule has 1 N–H and O–H groups in total. The van der Waals surface area contributed by atoms with Crippen LogP contribution in [0.1, 0.15) is 14.8 Å². The predicted molar refractivity (Wildman–Crippen MR) is 102 cm³/mol. The average Bonchev–Trinajstić information content (AvgIpc) is 3.39. The van der Waals surface area contributed by atoms with Crippen LogP contribution >= 0.6 is 22.7 Å². The maximum Gasteiger partial charge on any atom is 0.180 e. The Labute approximate surface area is 166 Å². The lowest BCUT2D eigenvalue weighted by atomic mass is 10.2. The largest absolute Gasteiger partial charge is 0.389 e. The van der Waals surface area contributed by atoms with Crippen molar-refractivity contribution in [3.63, 3.8) is 0 Å². The Balaban J connectivity index is 0.000000161. The minimum atomic E-state index is -0.297. The molecule has 6 nitrogen and oxygen atoms in total. The van der Waals surface area contributed by atoms with Crippen LogP contribution in [0.15, 0.2) is 48.5 Å². The number of rotatable bonds is 4. The Hall–Kier alpha value is -2.95. The van der Waals surface area contributed by atoms with Crippen molar-refractivity contribution in [3.8, 4) is 21.1 Å². The molecule has 28 heavy (non-hydrogen) atoms. The Morgan fingerprint density at radius 1 is 0.786 bits per heavy atom. The lowest BCUT2D eigenvalue weighted by Crippen LogP contribution is -1.79. The van der Waals surface area contributed by atoms with Crippen LogP contribution in [-0.2, 0) is 6.61 Å². The molecule has 0 amide bonds. The van der Waals surface area contributed by atoms with Crippen molar-refractivity contribution in [1.82, 2.24) is 20.4 Å². The van der Waals surface area contributed by atoms with Gasteiger partial charge >= 0.3 is 0 Å². The molecule has 0 saturated carbocycles. The molecule has 0 radical (unpaired) electrons. The lowest BCUT2D eigenvalue weighted by molar-refractivity contribution is 0.112. The number of carbonyl (C=O) groups excluding carboxylic acids is 1. The van der Waals surface area contributed by atoms with Crippen LogP contribution in [0.2, 0.25) is 0 Å². The third-order valence-electron chi connectivity index (χ3n) is 3.33. The number of nitrogens with zero attached hydrogens (tertiary/aromatic N) is 4. The van der Waals surface area contributed by atoms with Crippen molar-refractivity contribution < 1.29 is 18.7 Å². The monoisotopic (exact) mass is 418 g/mol. The van der Waals surface area contributed by atoms with E-state index in [1.165, 1.54) is 46.9 Å². The summed E-state index contributed by atoms with van der Waals surface area (Å²) in [7, 11) is 0. The minimum absolute atomic E-state index is 0.112. The number of benzene rings is 2. The number of halogens is 2. The summed E-state index contributed by atoms with van der Waals surface area (Å²) in [5.74, 6) is -0.575. The Morgan fingerprint density at radius 3 is 1.71 bits per heavy atom. The van der Waals surface area contributed by atoms with E-state index in [2.05, 4.69) is 20.4 Å². The van der Waals surface area contributed by atoms with Crippen LogP contribution in [0, 0.1) is 11.6 Å². The van der Waals surface area contributed by atoms with E-state index in [9.17, 15) is 13.6 Å². The fourth-order valence-corrected chi connectivity index (χ4v) is 3.39. The molecule has 0 aliphatic rings. The first-order chi connectivity index (χ1) is 13.6. The number of carbonyl (C=O) groups is 1. The quantitative estimate of drug-likeness (QED) is 0.504. The van der Waals surface area contributed by atoms with Crippen molar-refractivity contribution in [2.24, 2.45) is 0 Å². The summed E-state index contributed by atoms with van der Waals surface area (Å²) in [6.45, 7) is -0.112. The molecule has 0 spiro atoms. The molecule has 0 saturated heterocycles. The highest BCUT2D eigenvalue weighted by molar-refractivity contribution is 7.16. The highest BCUT2D eigenvalue weighted by Crippen LogP contribution is 2.23. The fraction of sp³-hybridized carbons (Fsp3) is 0.0556. The summed E-state index contributed by atoms with van der Waals surface area (Å²) in [4.78, 5) is 10.4. The van der Waals surface area contributed by atoms with Crippen molar-refractivity contribution in [2.75, 3.05) is 0 Å². The highest BCUT2D eigenvalue weighted by Gasteiger charge is 2.06. The second-order valence-electron chi connectivity index (χ2n) is 5.24. The maximum atomic E-state index is 12.6. The second kappa shape index (κ2) is 9.31. The molecule has 0 unspecified atom stereocenters. The van der Waals surface area contributed by atoms with Crippen LogP contribution in [0.25, 0.3) is 21.1 Å². The van der Waals surface area contributed by atoms with E-state index in [4.69, 9.17) is 5.11 Å². The van der Waals surface area contributed by atoms with Gasteiger partial charge in [0, 0.05) is 11.1 Å². The van der Waals surface area contributed by atoms with E-state index in [0.29, 0.717) is 26.3 Å². The third-order valence-corrected chi connectivity index (χ3v) is 5.18. The number of aromatic nitrogens is 4. The topological polar surface area (TPSA) is 88.9 Å². The van der Waals surface area contributed by atoms with Gasteiger partial charge in [0.1, 0.15) is 26.7 Å². The third kappa shape index (κ3) is 5.06. The molecular formula is C18H12F2N4O2S2. The van der Waals surface area contributed by atoms with Crippen LogP contribution in [0.5, 0.6) is 0 Å². The fourth-order valence-electron chi connectivity index (χ4n) is 2.02. The van der Waals surface area contributed by atoms with Crippen molar-refractivity contribution in [3.05, 3.63) is 70.2 Å². The smallest absolute Gasteiger partial charge is 0.180 e. The summed E-state index contributed by atoms with van der Waals surface area (Å²) in [5, 5.41) is 26.1. The average molecular weight is 418 g/mol. The van der Waals surface area contributed by atoms with Gasteiger partial charge in [0.15, 0.2) is 11.3 Å². The summed E-state index contributed by atoms with van der Waals surface area (Å²) in [6, 6.07) is 11.9. The molecule has 142 valence electrons. The Bertz CT molecular complexity index is 1050.